The molecule has 1 atom stereocenters. The molecule has 0 aliphatic heterocycles. The quantitative estimate of drug-likeness (QED) is 0.278. The van der Waals surface area contributed by atoms with Crippen LogP contribution in [-0.4, -0.2) is 23.6 Å². The maximum atomic E-state index is 11.1. The highest BCUT2D eigenvalue weighted by atomic mass is 32.2. The van der Waals surface area contributed by atoms with Gasteiger partial charge in [-0.1, -0.05) is 62.6 Å². The van der Waals surface area contributed by atoms with Crippen molar-refractivity contribution in [2.75, 3.05) is 5.75 Å². The number of rotatable bonds is 7. The Balaban J connectivity index is -0.000000919. The molecule has 128 valence electrons. The van der Waals surface area contributed by atoms with E-state index in [1.54, 1.807) is 23.9 Å². The van der Waals surface area contributed by atoms with Crippen molar-refractivity contribution >= 4 is 24.3 Å². The van der Waals surface area contributed by atoms with Gasteiger partial charge in [0.15, 0.2) is 5.78 Å². The Kier molecular flexibility index (Phi) is 25.5. The van der Waals surface area contributed by atoms with E-state index in [1.807, 2.05) is 34.5 Å². The van der Waals surface area contributed by atoms with E-state index in [1.165, 1.54) is 6.92 Å². The predicted octanol–water partition coefficient (Wildman–Crippen LogP) is 5.18. The molecule has 0 rings (SSSR count). The third kappa shape index (κ3) is 18.2. The molecule has 0 aliphatic rings. The summed E-state index contributed by atoms with van der Waals surface area (Å²) in [5, 5.41) is 0.464. The molecule has 0 radical (unpaired) electrons. The minimum absolute atomic E-state index is 0.00294. The van der Waals surface area contributed by atoms with Gasteiger partial charge in [0.05, 0.1) is 5.75 Å². The molecule has 23 heavy (non-hydrogen) atoms. The lowest BCUT2D eigenvalue weighted by atomic mass is 10.2. The van der Waals surface area contributed by atoms with Crippen LogP contribution in [0, 0.1) is 11.8 Å². The minimum atomic E-state index is -0.00294. The van der Waals surface area contributed by atoms with Crippen LogP contribution in [0.2, 0.25) is 0 Å². The number of Topliss-reactive ketones (excluding diaryl/α,β-unsaturated/α-hetero) is 1. The maximum Gasteiger partial charge on any atom is 0.160 e. The van der Waals surface area contributed by atoms with Crippen LogP contribution >= 0.6 is 11.8 Å². The largest absolute Gasteiger partial charge is 0.307 e. The van der Waals surface area contributed by atoms with Gasteiger partial charge in [-0.3, -0.25) is 4.79 Å². The summed E-state index contributed by atoms with van der Waals surface area (Å²) < 4.78 is 0. The fourth-order valence-electron chi connectivity index (χ4n) is 1.31. The van der Waals surface area contributed by atoms with Crippen LogP contribution < -0.4 is 0 Å². The summed E-state index contributed by atoms with van der Waals surface area (Å²) in [5.74, 6) is 6.71. The van der Waals surface area contributed by atoms with Crippen LogP contribution in [0.25, 0.3) is 0 Å². The van der Waals surface area contributed by atoms with Crippen LogP contribution in [0.4, 0.5) is 0 Å². The summed E-state index contributed by atoms with van der Waals surface area (Å²) >= 11 is 1.80. The van der Waals surface area contributed by atoms with Crippen LogP contribution in [0.5, 0.6) is 0 Å². The zero-order valence-corrected chi connectivity index (χ0v) is 15.9. The van der Waals surface area contributed by atoms with Crippen molar-refractivity contribution in [2.45, 2.75) is 46.3 Å². The highest BCUT2D eigenvalue weighted by molar-refractivity contribution is 8.00. The number of allylic oxidation sites excluding steroid dienone is 6. The van der Waals surface area contributed by atoms with E-state index in [-0.39, 0.29) is 5.78 Å². The van der Waals surface area contributed by atoms with Crippen LogP contribution in [-0.2, 0) is 9.59 Å². The van der Waals surface area contributed by atoms with Gasteiger partial charge in [-0.25, -0.2) is 0 Å². The molecule has 0 aromatic heterocycles. The van der Waals surface area contributed by atoms with Gasteiger partial charge in [0.1, 0.15) is 6.79 Å². The Hall–Kier alpha value is -1.79. The first kappa shape index (κ1) is 26.1. The highest BCUT2D eigenvalue weighted by Crippen LogP contribution is 2.16. The smallest absolute Gasteiger partial charge is 0.160 e. The molecule has 2 nitrogen and oxygen atoms in total. The van der Waals surface area contributed by atoms with Gasteiger partial charge >= 0.3 is 0 Å². The SMILES string of the molecule is C=C/C(=C\C#CCS[C@H](/C=C\C)C/C=C/C)C(C)=O.C=O.CC. The molecular weight excluding hydrogens is 304 g/mol. The van der Waals surface area contributed by atoms with Gasteiger partial charge in [0.2, 0.25) is 0 Å². The zero-order valence-electron chi connectivity index (χ0n) is 15.1. The van der Waals surface area contributed by atoms with Gasteiger partial charge in [0, 0.05) is 10.8 Å². The van der Waals surface area contributed by atoms with Gasteiger partial charge in [-0.2, -0.15) is 0 Å². The van der Waals surface area contributed by atoms with Crippen molar-refractivity contribution in [2.24, 2.45) is 0 Å². The van der Waals surface area contributed by atoms with E-state index in [0.29, 0.717) is 10.8 Å². The Morgan fingerprint density at radius 3 is 2.26 bits per heavy atom. The molecule has 0 fully saturated rings. The van der Waals surface area contributed by atoms with E-state index in [2.05, 4.69) is 42.7 Å². The van der Waals surface area contributed by atoms with Gasteiger partial charge in [-0.15, -0.1) is 11.8 Å². The topological polar surface area (TPSA) is 34.1 Å². The van der Waals surface area contributed by atoms with Crippen LogP contribution in [0.15, 0.2) is 48.6 Å². The number of thioether (sulfide) groups is 1. The van der Waals surface area contributed by atoms with Crippen molar-refractivity contribution in [3.8, 4) is 11.8 Å². The third-order valence-electron chi connectivity index (χ3n) is 2.34. The molecule has 0 aliphatic carbocycles. The summed E-state index contributed by atoms with van der Waals surface area (Å²) in [7, 11) is 0. The van der Waals surface area contributed by atoms with Crippen LogP contribution in [0.3, 0.4) is 0 Å². The van der Waals surface area contributed by atoms with E-state index < -0.39 is 0 Å². The summed E-state index contributed by atoms with van der Waals surface area (Å²) in [6, 6.07) is 0. The summed E-state index contributed by atoms with van der Waals surface area (Å²) in [4.78, 5) is 19.1. The number of hydrogen-bond acceptors (Lipinski definition) is 3. The molecular formula is C20H30O2S. The Labute approximate surface area is 146 Å². The minimum Gasteiger partial charge on any atom is -0.307 e. The van der Waals surface area contributed by atoms with Crippen molar-refractivity contribution in [1.29, 1.82) is 0 Å². The van der Waals surface area contributed by atoms with Gasteiger partial charge < -0.3 is 4.79 Å². The number of ketones is 1. The summed E-state index contributed by atoms with van der Waals surface area (Å²) in [5.41, 5.74) is 0.566. The normalized spacial score (nSPS) is 11.4. The molecule has 3 heteroatoms. The maximum absolute atomic E-state index is 11.1. The van der Waals surface area contributed by atoms with Crippen LogP contribution in [0.1, 0.15) is 41.0 Å². The predicted molar refractivity (Wildman–Crippen MR) is 106 cm³/mol. The Morgan fingerprint density at radius 2 is 1.83 bits per heavy atom. The van der Waals surface area contributed by atoms with Crippen molar-refractivity contribution < 1.29 is 9.59 Å². The second-order valence-corrected chi connectivity index (χ2v) is 5.09. The van der Waals surface area contributed by atoms with Crippen molar-refractivity contribution in [3.63, 3.8) is 0 Å². The lowest BCUT2D eigenvalue weighted by Gasteiger charge is -2.06. The standard InChI is InChI=1S/C17H22OS.C2H6.CH2O/c1-5-8-13-17(11-6-2)19-14-10-9-12-16(7-3)15(4)18;2*1-2/h5-8,11-12,17H,3,13-14H2,1-2,4H3;1-2H3;1H2/b8-5+,11-6-,16-12+;;/t17-;;/m1../s1. The molecule has 0 unspecified atom stereocenters. The number of carbonyl (C=O) groups is 2. The van der Waals surface area contributed by atoms with Gasteiger partial charge in [0.25, 0.3) is 0 Å². The van der Waals surface area contributed by atoms with E-state index in [4.69, 9.17) is 4.79 Å². The first-order valence-electron chi connectivity index (χ1n) is 7.62. The molecule has 0 saturated carbocycles. The molecule has 0 N–H and O–H groups in total. The Bertz CT molecular complexity index is 448. The molecule has 0 amide bonds. The van der Waals surface area contributed by atoms with E-state index in [0.717, 1.165) is 12.2 Å². The average Bonchev–Trinajstić information content (AvgIpc) is 2.59. The number of hydrogen-bond donors (Lipinski definition) is 0. The first-order valence-corrected chi connectivity index (χ1v) is 8.66. The van der Waals surface area contributed by atoms with Gasteiger partial charge in [-0.05, 0) is 33.3 Å². The van der Waals surface area contributed by atoms with E-state index >= 15 is 0 Å². The molecule has 0 heterocycles. The van der Waals surface area contributed by atoms with Crippen molar-refractivity contribution in [1.82, 2.24) is 0 Å². The average molecular weight is 335 g/mol. The molecule has 0 bridgehead atoms. The lowest BCUT2D eigenvalue weighted by molar-refractivity contribution is -0.113. The Morgan fingerprint density at radius 1 is 1.22 bits per heavy atom. The summed E-state index contributed by atoms with van der Waals surface area (Å²) in [6.45, 7) is 15.2. The van der Waals surface area contributed by atoms with E-state index in [9.17, 15) is 4.79 Å². The first-order chi connectivity index (χ1) is 11.2. The molecule has 0 saturated heterocycles. The zero-order chi connectivity index (χ0) is 18.5. The second kappa shape index (κ2) is 22.5. The monoisotopic (exact) mass is 334 g/mol. The summed E-state index contributed by atoms with van der Waals surface area (Å²) in [6.07, 6.45) is 12.7. The third-order valence-corrected chi connectivity index (χ3v) is 3.43. The molecule has 0 spiro atoms. The number of carbonyl (C=O) groups excluding carboxylic acids is 2. The lowest BCUT2D eigenvalue weighted by Crippen LogP contribution is -1.97. The molecule has 0 aromatic rings. The fourth-order valence-corrected chi connectivity index (χ4v) is 2.21. The second-order valence-electron chi connectivity index (χ2n) is 3.86. The fraction of sp³-hybridized carbons (Fsp3) is 0.400. The highest BCUT2D eigenvalue weighted by Gasteiger charge is 2.00. The molecule has 0 aromatic carbocycles. The van der Waals surface area contributed by atoms with Crippen molar-refractivity contribution in [3.05, 3.63) is 48.6 Å².